The summed E-state index contributed by atoms with van der Waals surface area (Å²) in [5, 5.41) is 38.6. The number of aliphatic hydroxyl groups is 4. The van der Waals surface area contributed by atoms with Crippen LogP contribution < -0.4 is 0 Å². The first kappa shape index (κ1) is 29.5. The van der Waals surface area contributed by atoms with Gasteiger partial charge in [-0.25, -0.2) is 0 Å². The van der Waals surface area contributed by atoms with Gasteiger partial charge in [0.05, 0.1) is 12.7 Å². The fraction of sp³-hybridized carbons (Fsp3) is 0.958. The van der Waals surface area contributed by atoms with Crippen molar-refractivity contribution in [2.75, 3.05) is 6.61 Å². The SMILES string of the molecule is CCCCCCCCCCC(CCCCCCC)O[C@@H](C=O)[C@@H](O)[C@H](O)[C@H](O)CO. The molecule has 6 heteroatoms. The van der Waals surface area contributed by atoms with Crippen LogP contribution in [0.3, 0.4) is 0 Å². The van der Waals surface area contributed by atoms with E-state index in [-0.39, 0.29) is 6.10 Å². The molecular formula is C24H48O6. The number of hydrogen-bond acceptors (Lipinski definition) is 6. The van der Waals surface area contributed by atoms with Gasteiger partial charge in [0.25, 0.3) is 0 Å². The van der Waals surface area contributed by atoms with Crippen LogP contribution in [-0.4, -0.2) is 63.8 Å². The van der Waals surface area contributed by atoms with Crippen molar-refractivity contribution in [1.82, 2.24) is 0 Å². The molecule has 0 bridgehead atoms. The summed E-state index contributed by atoms with van der Waals surface area (Å²) in [5.41, 5.74) is 0. The number of carbonyl (C=O) groups is 1. The molecule has 0 aromatic heterocycles. The van der Waals surface area contributed by atoms with E-state index in [1.807, 2.05) is 0 Å². The maximum absolute atomic E-state index is 11.5. The van der Waals surface area contributed by atoms with Crippen LogP contribution in [0.4, 0.5) is 0 Å². The van der Waals surface area contributed by atoms with Crippen molar-refractivity contribution >= 4 is 6.29 Å². The number of carbonyl (C=O) groups excluding carboxylic acids is 1. The molecule has 0 rings (SSSR count). The van der Waals surface area contributed by atoms with E-state index in [1.54, 1.807) is 0 Å². The van der Waals surface area contributed by atoms with Gasteiger partial charge in [0, 0.05) is 0 Å². The molecule has 0 aromatic carbocycles. The molecule has 0 amide bonds. The molecule has 30 heavy (non-hydrogen) atoms. The number of hydrogen-bond donors (Lipinski definition) is 4. The van der Waals surface area contributed by atoms with Crippen molar-refractivity contribution < 1.29 is 30.0 Å². The second-order valence-electron chi connectivity index (χ2n) is 8.56. The molecule has 0 heterocycles. The lowest BCUT2D eigenvalue weighted by atomic mass is 10.0. The predicted molar refractivity (Wildman–Crippen MR) is 120 cm³/mol. The van der Waals surface area contributed by atoms with E-state index in [4.69, 9.17) is 9.84 Å². The minimum absolute atomic E-state index is 0.157. The lowest BCUT2D eigenvalue weighted by molar-refractivity contribution is -0.156. The zero-order valence-corrected chi connectivity index (χ0v) is 19.4. The predicted octanol–water partition coefficient (Wildman–Crippen LogP) is 3.91. The van der Waals surface area contributed by atoms with Gasteiger partial charge in [-0.2, -0.15) is 0 Å². The smallest absolute Gasteiger partial charge is 0.151 e. The highest BCUT2D eigenvalue weighted by Crippen LogP contribution is 2.20. The highest BCUT2D eigenvalue weighted by atomic mass is 16.5. The molecule has 4 N–H and O–H groups in total. The molecule has 0 saturated carbocycles. The topological polar surface area (TPSA) is 107 Å². The quantitative estimate of drug-likeness (QED) is 0.153. The zero-order chi connectivity index (χ0) is 22.6. The monoisotopic (exact) mass is 432 g/mol. The van der Waals surface area contributed by atoms with Gasteiger partial charge < -0.3 is 30.0 Å². The average Bonchev–Trinajstić information content (AvgIpc) is 2.76. The van der Waals surface area contributed by atoms with Crippen molar-refractivity contribution in [3.63, 3.8) is 0 Å². The van der Waals surface area contributed by atoms with Crippen LogP contribution >= 0.6 is 0 Å². The number of aliphatic hydroxyl groups excluding tert-OH is 4. The van der Waals surface area contributed by atoms with E-state index in [2.05, 4.69) is 13.8 Å². The van der Waals surface area contributed by atoms with Gasteiger partial charge in [-0.1, -0.05) is 97.3 Å². The Morgan fingerprint density at radius 2 is 1.13 bits per heavy atom. The maximum Gasteiger partial charge on any atom is 0.151 e. The third-order valence-corrected chi connectivity index (χ3v) is 5.76. The van der Waals surface area contributed by atoms with Gasteiger partial charge >= 0.3 is 0 Å². The van der Waals surface area contributed by atoms with Crippen molar-refractivity contribution in [1.29, 1.82) is 0 Å². The first-order chi connectivity index (χ1) is 14.5. The molecule has 180 valence electrons. The normalized spacial score (nSPS) is 16.7. The minimum Gasteiger partial charge on any atom is -0.394 e. The van der Waals surface area contributed by atoms with Crippen LogP contribution in [0.5, 0.6) is 0 Å². The van der Waals surface area contributed by atoms with Crippen molar-refractivity contribution in [2.45, 2.75) is 141 Å². The van der Waals surface area contributed by atoms with Gasteiger partial charge in [0.2, 0.25) is 0 Å². The Labute approximate surface area is 184 Å². The second-order valence-corrected chi connectivity index (χ2v) is 8.56. The summed E-state index contributed by atoms with van der Waals surface area (Å²) >= 11 is 0. The molecule has 0 aliphatic heterocycles. The van der Waals surface area contributed by atoms with Gasteiger partial charge in [0.15, 0.2) is 6.29 Å². The Bertz CT molecular complexity index is 379. The summed E-state index contributed by atoms with van der Waals surface area (Å²) in [5.74, 6) is 0. The lowest BCUT2D eigenvalue weighted by Gasteiger charge is -2.29. The fourth-order valence-corrected chi connectivity index (χ4v) is 3.71. The molecule has 1 unspecified atom stereocenters. The van der Waals surface area contributed by atoms with Crippen molar-refractivity contribution in [3.05, 3.63) is 0 Å². The third-order valence-electron chi connectivity index (χ3n) is 5.76. The fourth-order valence-electron chi connectivity index (χ4n) is 3.71. The van der Waals surface area contributed by atoms with Crippen molar-refractivity contribution in [2.24, 2.45) is 0 Å². The molecule has 6 nitrogen and oxygen atoms in total. The minimum atomic E-state index is -1.63. The van der Waals surface area contributed by atoms with Gasteiger partial charge in [0.1, 0.15) is 24.4 Å². The van der Waals surface area contributed by atoms with Crippen LogP contribution in [0.1, 0.15) is 110 Å². The lowest BCUT2D eigenvalue weighted by Crippen LogP contribution is -2.48. The Balaban J connectivity index is 4.52. The number of unbranched alkanes of at least 4 members (excludes halogenated alkanes) is 11. The second kappa shape index (κ2) is 20.4. The van der Waals surface area contributed by atoms with Crippen LogP contribution in [-0.2, 0) is 9.53 Å². The van der Waals surface area contributed by atoms with Crippen LogP contribution in [0.15, 0.2) is 0 Å². The first-order valence-electron chi connectivity index (χ1n) is 12.3. The number of aldehydes is 1. The highest BCUT2D eigenvalue weighted by Gasteiger charge is 2.33. The molecule has 0 spiro atoms. The molecule has 0 saturated heterocycles. The summed E-state index contributed by atoms with van der Waals surface area (Å²) in [6, 6.07) is 0. The highest BCUT2D eigenvalue weighted by molar-refractivity contribution is 5.57. The Morgan fingerprint density at radius 3 is 1.53 bits per heavy atom. The van der Waals surface area contributed by atoms with Gasteiger partial charge in [-0.15, -0.1) is 0 Å². The maximum atomic E-state index is 11.5. The molecule has 5 atom stereocenters. The summed E-state index contributed by atoms with van der Waals surface area (Å²) in [4.78, 5) is 11.5. The Kier molecular flexibility index (Phi) is 20.0. The van der Waals surface area contributed by atoms with E-state index in [0.717, 1.165) is 38.5 Å². The first-order valence-corrected chi connectivity index (χ1v) is 12.3. The summed E-state index contributed by atoms with van der Waals surface area (Å²) in [7, 11) is 0. The summed E-state index contributed by atoms with van der Waals surface area (Å²) in [6.07, 6.45) is 11.5. The molecule has 0 radical (unpaired) electrons. The average molecular weight is 433 g/mol. The van der Waals surface area contributed by atoms with Crippen LogP contribution in [0.2, 0.25) is 0 Å². The summed E-state index contributed by atoms with van der Waals surface area (Å²) in [6.45, 7) is 3.70. The van der Waals surface area contributed by atoms with Gasteiger partial charge in [-0.3, -0.25) is 0 Å². The van der Waals surface area contributed by atoms with Crippen LogP contribution in [0, 0.1) is 0 Å². The van der Waals surface area contributed by atoms with E-state index >= 15 is 0 Å². The Hall–Kier alpha value is -0.530. The van der Waals surface area contributed by atoms with E-state index in [1.165, 1.54) is 57.8 Å². The van der Waals surface area contributed by atoms with E-state index in [9.17, 15) is 20.1 Å². The zero-order valence-electron chi connectivity index (χ0n) is 19.4. The molecule has 0 aromatic rings. The largest absolute Gasteiger partial charge is 0.394 e. The number of rotatable bonds is 22. The third kappa shape index (κ3) is 14.5. The van der Waals surface area contributed by atoms with E-state index < -0.39 is 31.0 Å². The summed E-state index contributed by atoms with van der Waals surface area (Å²) < 4.78 is 5.87. The Morgan fingerprint density at radius 1 is 0.700 bits per heavy atom. The van der Waals surface area contributed by atoms with Crippen LogP contribution in [0.25, 0.3) is 0 Å². The molecule has 0 aliphatic carbocycles. The molecule has 0 aliphatic rings. The molecular weight excluding hydrogens is 384 g/mol. The molecule has 0 fully saturated rings. The standard InChI is InChI=1S/C24H48O6/c1-3-5-7-9-10-11-13-15-17-20(16-14-12-8-6-4-2)30-22(19-26)24(29)23(28)21(27)18-25/h19-25,27-29H,3-18H2,1-2H3/t20?,21-,22+,23-,24-/m1/s1. The van der Waals surface area contributed by atoms with Crippen molar-refractivity contribution in [3.8, 4) is 0 Å². The van der Waals surface area contributed by atoms with Gasteiger partial charge in [-0.05, 0) is 12.8 Å². The van der Waals surface area contributed by atoms with E-state index in [0.29, 0.717) is 6.29 Å². The number of ether oxygens (including phenoxy) is 1.